The van der Waals surface area contributed by atoms with E-state index in [1.54, 1.807) is 18.5 Å². The summed E-state index contributed by atoms with van der Waals surface area (Å²) in [6, 6.07) is 5.59. The van der Waals surface area contributed by atoms with E-state index in [1.165, 1.54) is 0 Å². The molecule has 2 aromatic rings. The number of hydrogen-bond acceptors (Lipinski definition) is 2. The van der Waals surface area contributed by atoms with Crippen LogP contribution in [-0.4, -0.2) is 9.97 Å². The van der Waals surface area contributed by atoms with E-state index in [2.05, 4.69) is 16.2 Å². The average molecular weight is 129 g/mol. The minimum atomic E-state index is 0.942. The summed E-state index contributed by atoms with van der Waals surface area (Å²) in [6.07, 6.45) is 6.27. The van der Waals surface area contributed by atoms with Crippen molar-refractivity contribution in [1.29, 1.82) is 0 Å². The molecule has 2 aromatic heterocycles. The molecule has 0 bridgehead atoms. The summed E-state index contributed by atoms with van der Waals surface area (Å²) in [7, 11) is 0. The zero-order valence-corrected chi connectivity index (χ0v) is 5.28. The van der Waals surface area contributed by atoms with Crippen molar-refractivity contribution in [2.75, 3.05) is 0 Å². The molecule has 0 fully saturated rings. The fourth-order valence-electron chi connectivity index (χ4n) is 0.863. The van der Waals surface area contributed by atoms with Crippen LogP contribution in [0.4, 0.5) is 0 Å². The van der Waals surface area contributed by atoms with Gasteiger partial charge in [-0.2, -0.15) is 0 Å². The number of aromatic nitrogens is 2. The third kappa shape index (κ3) is 0.739. The molecule has 2 nitrogen and oxygen atoms in total. The topological polar surface area (TPSA) is 25.8 Å². The number of rotatable bonds is 0. The van der Waals surface area contributed by atoms with Crippen LogP contribution in [-0.2, 0) is 0 Å². The van der Waals surface area contributed by atoms with Crippen molar-refractivity contribution in [1.82, 2.24) is 9.97 Å². The molecule has 0 aromatic carbocycles. The SMILES string of the molecule is [c]1ccc2cnccc2n1. The standard InChI is InChI=1S/C8H5N2/c1-2-7-6-9-5-3-8(7)10-4-1/h1-3,5-6H. The molecule has 0 aliphatic heterocycles. The molecule has 10 heavy (non-hydrogen) atoms. The summed E-state index contributed by atoms with van der Waals surface area (Å²) in [5.74, 6) is 0. The summed E-state index contributed by atoms with van der Waals surface area (Å²) in [5, 5.41) is 1.06. The Labute approximate surface area is 58.6 Å². The van der Waals surface area contributed by atoms with E-state index in [0.717, 1.165) is 10.9 Å². The first-order valence-electron chi connectivity index (χ1n) is 3.03. The second-order valence-corrected chi connectivity index (χ2v) is 2.01. The van der Waals surface area contributed by atoms with E-state index >= 15 is 0 Å². The van der Waals surface area contributed by atoms with Crippen molar-refractivity contribution < 1.29 is 0 Å². The molecule has 0 saturated heterocycles. The van der Waals surface area contributed by atoms with Crippen molar-refractivity contribution in [3.05, 3.63) is 36.8 Å². The Morgan fingerprint density at radius 2 is 2.30 bits per heavy atom. The van der Waals surface area contributed by atoms with Gasteiger partial charge in [0.1, 0.15) is 0 Å². The van der Waals surface area contributed by atoms with Gasteiger partial charge in [0.05, 0.1) is 11.7 Å². The van der Waals surface area contributed by atoms with Gasteiger partial charge in [0.2, 0.25) is 0 Å². The molecule has 2 heterocycles. The van der Waals surface area contributed by atoms with Gasteiger partial charge in [-0.05, 0) is 18.2 Å². The Hall–Kier alpha value is -1.44. The van der Waals surface area contributed by atoms with Gasteiger partial charge in [-0.25, -0.2) is 4.98 Å². The van der Waals surface area contributed by atoms with Crippen molar-refractivity contribution in [3.63, 3.8) is 0 Å². The maximum Gasteiger partial charge on any atom is 0.0894 e. The normalized spacial score (nSPS) is 10.0. The molecule has 0 atom stereocenters. The molecule has 0 aliphatic rings. The number of pyridine rings is 2. The smallest absolute Gasteiger partial charge is 0.0894 e. The lowest BCUT2D eigenvalue weighted by Gasteiger charge is -1.90. The minimum Gasteiger partial charge on any atom is -0.264 e. The lowest BCUT2D eigenvalue weighted by molar-refractivity contribution is 1.32. The predicted octanol–water partition coefficient (Wildman–Crippen LogP) is 1.43. The van der Waals surface area contributed by atoms with Gasteiger partial charge < -0.3 is 0 Å². The zero-order valence-electron chi connectivity index (χ0n) is 5.28. The van der Waals surface area contributed by atoms with Crippen LogP contribution in [0.2, 0.25) is 0 Å². The van der Waals surface area contributed by atoms with Crippen LogP contribution in [0.1, 0.15) is 0 Å². The van der Waals surface area contributed by atoms with Crippen LogP contribution in [0.25, 0.3) is 10.9 Å². The van der Waals surface area contributed by atoms with E-state index in [0.29, 0.717) is 0 Å². The number of fused-ring (bicyclic) bond motifs is 1. The summed E-state index contributed by atoms with van der Waals surface area (Å²) in [6.45, 7) is 0. The highest BCUT2D eigenvalue weighted by molar-refractivity contribution is 5.76. The quantitative estimate of drug-likeness (QED) is 0.537. The highest BCUT2D eigenvalue weighted by Gasteiger charge is 1.88. The molecule has 0 unspecified atom stereocenters. The number of nitrogens with zero attached hydrogens (tertiary/aromatic N) is 2. The molecule has 47 valence electrons. The lowest BCUT2D eigenvalue weighted by Crippen LogP contribution is -1.77. The Morgan fingerprint density at radius 1 is 1.30 bits per heavy atom. The van der Waals surface area contributed by atoms with Crippen LogP contribution >= 0.6 is 0 Å². The van der Waals surface area contributed by atoms with Gasteiger partial charge in [0.25, 0.3) is 0 Å². The van der Waals surface area contributed by atoms with Gasteiger partial charge in [-0.3, -0.25) is 4.98 Å². The Bertz CT molecular complexity index is 278. The monoisotopic (exact) mass is 129 g/mol. The van der Waals surface area contributed by atoms with Gasteiger partial charge in [0.15, 0.2) is 0 Å². The van der Waals surface area contributed by atoms with E-state index in [9.17, 15) is 0 Å². The Balaban J connectivity index is 2.89. The van der Waals surface area contributed by atoms with Gasteiger partial charge in [0, 0.05) is 17.8 Å². The molecule has 2 rings (SSSR count). The Kier molecular flexibility index (Phi) is 1.10. The second-order valence-electron chi connectivity index (χ2n) is 2.01. The van der Waals surface area contributed by atoms with E-state index in [1.807, 2.05) is 12.1 Å². The van der Waals surface area contributed by atoms with E-state index in [4.69, 9.17) is 0 Å². The summed E-state index contributed by atoms with van der Waals surface area (Å²) >= 11 is 0. The molecule has 1 radical (unpaired) electrons. The number of hydrogen-bond donors (Lipinski definition) is 0. The Morgan fingerprint density at radius 3 is 3.20 bits per heavy atom. The van der Waals surface area contributed by atoms with Crippen LogP contribution in [0.5, 0.6) is 0 Å². The molecule has 0 amide bonds. The summed E-state index contributed by atoms with van der Waals surface area (Å²) in [5.41, 5.74) is 0.942. The van der Waals surface area contributed by atoms with Gasteiger partial charge in [-0.15, -0.1) is 0 Å². The zero-order chi connectivity index (χ0) is 6.81. The first kappa shape index (κ1) is 5.35. The highest BCUT2D eigenvalue weighted by atomic mass is 14.7. The average Bonchev–Trinajstić information content (AvgIpc) is 2.05. The fourth-order valence-corrected chi connectivity index (χ4v) is 0.863. The fraction of sp³-hybridized carbons (Fsp3) is 0. The molecular weight excluding hydrogens is 124 g/mol. The largest absolute Gasteiger partial charge is 0.264 e. The summed E-state index contributed by atoms with van der Waals surface area (Å²) < 4.78 is 0. The first-order valence-corrected chi connectivity index (χ1v) is 3.03. The third-order valence-electron chi connectivity index (χ3n) is 1.35. The molecular formula is C8H5N2. The predicted molar refractivity (Wildman–Crippen MR) is 38.4 cm³/mol. The molecule has 0 saturated carbocycles. The molecule has 0 aliphatic carbocycles. The van der Waals surface area contributed by atoms with Crippen molar-refractivity contribution in [2.24, 2.45) is 0 Å². The molecule has 0 spiro atoms. The highest BCUT2D eigenvalue weighted by Crippen LogP contribution is 2.05. The van der Waals surface area contributed by atoms with E-state index < -0.39 is 0 Å². The van der Waals surface area contributed by atoms with Crippen LogP contribution in [0, 0.1) is 6.20 Å². The molecule has 0 N–H and O–H groups in total. The van der Waals surface area contributed by atoms with E-state index in [-0.39, 0.29) is 0 Å². The van der Waals surface area contributed by atoms with Crippen LogP contribution in [0.15, 0.2) is 30.6 Å². The maximum absolute atomic E-state index is 4.02. The summed E-state index contributed by atoms with van der Waals surface area (Å²) in [4.78, 5) is 7.98. The van der Waals surface area contributed by atoms with Crippen molar-refractivity contribution in [2.45, 2.75) is 0 Å². The van der Waals surface area contributed by atoms with Crippen molar-refractivity contribution in [3.8, 4) is 0 Å². The third-order valence-corrected chi connectivity index (χ3v) is 1.35. The lowest BCUT2D eigenvalue weighted by atomic mass is 10.3. The van der Waals surface area contributed by atoms with Gasteiger partial charge in [-0.1, -0.05) is 0 Å². The van der Waals surface area contributed by atoms with Crippen LogP contribution in [0.3, 0.4) is 0 Å². The van der Waals surface area contributed by atoms with Crippen LogP contribution < -0.4 is 0 Å². The minimum absolute atomic E-state index is 0.942. The maximum atomic E-state index is 4.02. The second kappa shape index (κ2) is 2.06. The molecule has 2 heteroatoms. The van der Waals surface area contributed by atoms with Gasteiger partial charge >= 0.3 is 0 Å². The first-order chi connectivity index (χ1) is 4.97. The van der Waals surface area contributed by atoms with Crippen molar-refractivity contribution >= 4 is 10.9 Å².